The van der Waals surface area contributed by atoms with Crippen LogP contribution in [0.5, 0.6) is 0 Å². The fourth-order valence-corrected chi connectivity index (χ4v) is 2.66. The van der Waals surface area contributed by atoms with E-state index in [0.717, 1.165) is 10.0 Å². The molecule has 0 aliphatic rings. The summed E-state index contributed by atoms with van der Waals surface area (Å²) in [5.41, 5.74) is 1.53. The van der Waals surface area contributed by atoms with Gasteiger partial charge in [0.1, 0.15) is 0 Å². The van der Waals surface area contributed by atoms with Crippen LogP contribution in [0.15, 0.2) is 22.7 Å². The van der Waals surface area contributed by atoms with Crippen LogP contribution < -0.4 is 9.44 Å². The van der Waals surface area contributed by atoms with Crippen LogP contribution in [0.1, 0.15) is 12.5 Å². The van der Waals surface area contributed by atoms with E-state index in [1.165, 1.54) is 0 Å². The molecule has 6 heteroatoms. The number of hydrogen-bond donors (Lipinski definition) is 2. The van der Waals surface area contributed by atoms with Crippen LogP contribution in [0.25, 0.3) is 0 Å². The van der Waals surface area contributed by atoms with Gasteiger partial charge in [0, 0.05) is 11.0 Å². The summed E-state index contributed by atoms with van der Waals surface area (Å²) in [4.78, 5) is 0. The Morgan fingerprint density at radius 3 is 2.53 bits per heavy atom. The number of nitrogens with one attached hydrogen (secondary N) is 2. The first kappa shape index (κ1) is 12.5. The second-order valence-corrected chi connectivity index (χ2v) is 5.54. The van der Waals surface area contributed by atoms with Gasteiger partial charge in [0.2, 0.25) is 0 Å². The average Bonchev–Trinajstić information content (AvgIpc) is 1.99. The third-order valence-electron chi connectivity index (χ3n) is 1.63. The van der Waals surface area contributed by atoms with Gasteiger partial charge in [-0.05, 0) is 30.7 Å². The topological polar surface area (TPSA) is 58.2 Å². The Bertz CT molecular complexity index is 425. The Morgan fingerprint density at radius 1 is 1.33 bits per heavy atom. The van der Waals surface area contributed by atoms with Gasteiger partial charge in [-0.15, -0.1) is 0 Å². The molecule has 0 saturated heterocycles. The van der Waals surface area contributed by atoms with Crippen LogP contribution in [0.2, 0.25) is 0 Å². The summed E-state index contributed by atoms with van der Waals surface area (Å²) in [5, 5.41) is 0. The molecule has 0 radical (unpaired) electrons. The second-order valence-electron chi connectivity index (χ2n) is 3.12. The average molecular weight is 293 g/mol. The van der Waals surface area contributed by atoms with Crippen molar-refractivity contribution < 1.29 is 8.42 Å². The van der Waals surface area contributed by atoms with E-state index in [4.69, 9.17) is 0 Å². The van der Waals surface area contributed by atoms with Crippen molar-refractivity contribution in [2.75, 3.05) is 11.3 Å². The van der Waals surface area contributed by atoms with Crippen molar-refractivity contribution in [2.45, 2.75) is 13.8 Å². The third-order valence-corrected chi connectivity index (χ3v) is 3.26. The molecule has 0 aromatic heterocycles. The summed E-state index contributed by atoms with van der Waals surface area (Å²) in [6, 6.07) is 5.38. The molecule has 2 N–H and O–H groups in total. The fourth-order valence-electron chi connectivity index (χ4n) is 1.18. The van der Waals surface area contributed by atoms with Crippen LogP contribution in [-0.4, -0.2) is 15.0 Å². The minimum atomic E-state index is -3.44. The van der Waals surface area contributed by atoms with Crippen LogP contribution in [0.3, 0.4) is 0 Å². The number of benzene rings is 1. The second kappa shape index (κ2) is 4.96. The molecule has 0 unspecified atom stereocenters. The maximum Gasteiger partial charge on any atom is 0.299 e. The molecule has 0 amide bonds. The van der Waals surface area contributed by atoms with Gasteiger partial charge in [-0.1, -0.05) is 22.9 Å². The summed E-state index contributed by atoms with van der Waals surface area (Å²) in [6.07, 6.45) is 0. The summed E-state index contributed by atoms with van der Waals surface area (Å²) in [5.74, 6) is 0. The Hall–Kier alpha value is -0.590. The van der Waals surface area contributed by atoms with Crippen molar-refractivity contribution in [1.82, 2.24) is 4.72 Å². The van der Waals surface area contributed by atoms with E-state index in [1.807, 2.05) is 13.0 Å². The van der Waals surface area contributed by atoms with Crippen LogP contribution in [0, 0.1) is 6.92 Å². The van der Waals surface area contributed by atoms with Crippen LogP contribution in [0.4, 0.5) is 5.69 Å². The van der Waals surface area contributed by atoms with Crippen molar-refractivity contribution in [3.05, 3.63) is 28.2 Å². The van der Waals surface area contributed by atoms with Gasteiger partial charge in [-0.25, -0.2) is 0 Å². The zero-order valence-electron chi connectivity index (χ0n) is 8.54. The first-order valence-corrected chi connectivity index (χ1v) is 6.75. The third kappa shape index (κ3) is 4.19. The van der Waals surface area contributed by atoms with Gasteiger partial charge < -0.3 is 0 Å². The van der Waals surface area contributed by atoms with Crippen molar-refractivity contribution in [3.63, 3.8) is 0 Å². The highest BCUT2D eigenvalue weighted by atomic mass is 79.9. The van der Waals surface area contributed by atoms with E-state index in [1.54, 1.807) is 19.1 Å². The predicted octanol–water partition coefficient (Wildman–Crippen LogP) is 2.02. The lowest BCUT2D eigenvalue weighted by Crippen LogP contribution is -2.29. The fraction of sp³-hybridized carbons (Fsp3) is 0.333. The van der Waals surface area contributed by atoms with Gasteiger partial charge in [0.15, 0.2) is 0 Å². The van der Waals surface area contributed by atoms with E-state index in [2.05, 4.69) is 25.4 Å². The minimum Gasteiger partial charge on any atom is -0.271 e. The van der Waals surface area contributed by atoms with Gasteiger partial charge in [-0.2, -0.15) is 13.1 Å². The lowest BCUT2D eigenvalue weighted by atomic mass is 10.2. The van der Waals surface area contributed by atoms with Gasteiger partial charge in [0.25, 0.3) is 10.2 Å². The predicted molar refractivity (Wildman–Crippen MR) is 65.1 cm³/mol. The zero-order valence-corrected chi connectivity index (χ0v) is 10.9. The first-order valence-electron chi connectivity index (χ1n) is 4.47. The molecule has 0 heterocycles. The molecule has 84 valence electrons. The number of hydrogen-bond acceptors (Lipinski definition) is 2. The monoisotopic (exact) mass is 292 g/mol. The van der Waals surface area contributed by atoms with Gasteiger partial charge >= 0.3 is 0 Å². The highest BCUT2D eigenvalue weighted by molar-refractivity contribution is 9.10. The Kier molecular flexibility index (Phi) is 4.12. The molecule has 0 fully saturated rings. The molecule has 0 spiro atoms. The van der Waals surface area contributed by atoms with E-state index in [0.29, 0.717) is 12.2 Å². The number of rotatable bonds is 4. The quantitative estimate of drug-likeness (QED) is 0.892. The Morgan fingerprint density at radius 2 is 2.00 bits per heavy atom. The van der Waals surface area contributed by atoms with E-state index >= 15 is 0 Å². The molecule has 0 aliphatic carbocycles. The number of halogens is 1. The molecule has 4 nitrogen and oxygen atoms in total. The SMILES string of the molecule is CCNS(=O)(=O)Nc1cc(C)cc(Br)c1. The Balaban J connectivity index is 2.90. The normalized spacial score (nSPS) is 11.4. The van der Waals surface area contributed by atoms with E-state index in [9.17, 15) is 8.42 Å². The summed E-state index contributed by atoms with van der Waals surface area (Å²) in [7, 11) is -3.44. The number of anilines is 1. The van der Waals surface area contributed by atoms with Crippen LogP contribution >= 0.6 is 15.9 Å². The standard InChI is InChI=1S/C9H13BrN2O2S/c1-3-11-15(13,14)12-9-5-7(2)4-8(10)6-9/h4-6,11-12H,3H2,1-2H3. The molecule has 0 saturated carbocycles. The van der Waals surface area contributed by atoms with E-state index < -0.39 is 10.2 Å². The summed E-state index contributed by atoms with van der Waals surface area (Å²) >= 11 is 3.30. The summed E-state index contributed by atoms with van der Waals surface area (Å²) < 4.78 is 28.4. The lowest BCUT2D eigenvalue weighted by Gasteiger charge is -2.08. The molecule has 1 rings (SSSR count). The van der Waals surface area contributed by atoms with Crippen molar-refractivity contribution >= 4 is 31.8 Å². The van der Waals surface area contributed by atoms with Crippen molar-refractivity contribution in [3.8, 4) is 0 Å². The van der Waals surface area contributed by atoms with Crippen LogP contribution in [-0.2, 0) is 10.2 Å². The van der Waals surface area contributed by atoms with Crippen molar-refractivity contribution in [1.29, 1.82) is 0 Å². The first-order chi connectivity index (χ1) is 6.93. The van der Waals surface area contributed by atoms with Gasteiger partial charge in [0.05, 0.1) is 5.69 Å². The largest absolute Gasteiger partial charge is 0.299 e. The maximum atomic E-state index is 11.4. The molecule has 1 aromatic rings. The minimum absolute atomic E-state index is 0.363. The smallest absolute Gasteiger partial charge is 0.271 e. The molecule has 1 aromatic carbocycles. The highest BCUT2D eigenvalue weighted by Gasteiger charge is 2.07. The molecular weight excluding hydrogens is 280 g/mol. The lowest BCUT2D eigenvalue weighted by molar-refractivity contribution is 0.589. The van der Waals surface area contributed by atoms with Crippen molar-refractivity contribution in [2.24, 2.45) is 0 Å². The molecular formula is C9H13BrN2O2S. The molecule has 0 bridgehead atoms. The molecule has 0 aliphatic heterocycles. The summed E-state index contributed by atoms with van der Waals surface area (Å²) in [6.45, 7) is 3.99. The maximum absolute atomic E-state index is 11.4. The molecule has 0 atom stereocenters. The highest BCUT2D eigenvalue weighted by Crippen LogP contribution is 2.19. The Labute approximate surface area is 98.4 Å². The zero-order chi connectivity index (χ0) is 11.5. The van der Waals surface area contributed by atoms with Gasteiger partial charge in [-0.3, -0.25) is 4.72 Å². The molecule has 15 heavy (non-hydrogen) atoms. The van der Waals surface area contributed by atoms with E-state index in [-0.39, 0.29) is 0 Å². The number of aryl methyl sites for hydroxylation is 1.